The van der Waals surface area contributed by atoms with Gasteiger partial charge in [-0.05, 0) is 35.7 Å². The Bertz CT molecular complexity index is 544. The van der Waals surface area contributed by atoms with Crippen LogP contribution < -0.4 is 5.32 Å². The minimum absolute atomic E-state index is 0.0994. The lowest BCUT2D eigenvalue weighted by Gasteiger charge is -2.06. The Morgan fingerprint density at radius 1 is 1.53 bits per heavy atom. The maximum atomic E-state index is 12.2. The van der Waals surface area contributed by atoms with E-state index in [9.17, 15) is 4.79 Å². The standard InChI is InChI=1S/C14H18N2O2S/c1-9(2)13-12(10(3)16-18-13)14(17)15-6-4-11-5-7-19-8-11/h5,7-9H,4,6H2,1-3H3,(H,15,17). The smallest absolute Gasteiger partial charge is 0.256 e. The number of carbonyl (C=O) groups excluding carboxylic acids is 1. The number of thiophene rings is 1. The number of amides is 1. The van der Waals surface area contributed by atoms with Crippen LogP contribution in [0.5, 0.6) is 0 Å². The van der Waals surface area contributed by atoms with Gasteiger partial charge >= 0.3 is 0 Å². The van der Waals surface area contributed by atoms with Crippen LogP contribution in [-0.2, 0) is 6.42 Å². The predicted octanol–water partition coefficient (Wildman–Crippen LogP) is 3.14. The summed E-state index contributed by atoms with van der Waals surface area (Å²) in [6, 6.07) is 2.07. The molecule has 102 valence electrons. The summed E-state index contributed by atoms with van der Waals surface area (Å²) >= 11 is 1.67. The number of hydrogen-bond acceptors (Lipinski definition) is 4. The monoisotopic (exact) mass is 278 g/mol. The average molecular weight is 278 g/mol. The molecule has 2 aromatic heterocycles. The zero-order valence-corrected chi connectivity index (χ0v) is 12.2. The quantitative estimate of drug-likeness (QED) is 0.914. The summed E-state index contributed by atoms with van der Waals surface area (Å²) in [5.41, 5.74) is 2.48. The molecule has 1 amide bonds. The molecule has 2 aromatic rings. The van der Waals surface area contributed by atoms with E-state index in [4.69, 9.17) is 4.52 Å². The zero-order chi connectivity index (χ0) is 13.8. The van der Waals surface area contributed by atoms with Gasteiger partial charge in [0, 0.05) is 12.5 Å². The molecule has 0 unspecified atom stereocenters. The third kappa shape index (κ3) is 3.23. The molecule has 0 aliphatic heterocycles. The van der Waals surface area contributed by atoms with Crippen molar-refractivity contribution in [3.05, 3.63) is 39.4 Å². The molecule has 5 heteroatoms. The largest absolute Gasteiger partial charge is 0.360 e. The summed E-state index contributed by atoms with van der Waals surface area (Å²) in [5, 5.41) is 10.9. The number of aromatic nitrogens is 1. The van der Waals surface area contributed by atoms with Crippen LogP contribution in [0.25, 0.3) is 0 Å². The van der Waals surface area contributed by atoms with Crippen LogP contribution in [0.2, 0.25) is 0 Å². The van der Waals surface area contributed by atoms with Crippen molar-refractivity contribution in [2.24, 2.45) is 0 Å². The van der Waals surface area contributed by atoms with Crippen molar-refractivity contribution in [1.29, 1.82) is 0 Å². The first-order valence-electron chi connectivity index (χ1n) is 6.35. The topological polar surface area (TPSA) is 55.1 Å². The average Bonchev–Trinajstić information content (AvgIpc) is 2.98. The molecule has 0 fully saturated rings. The van der Waals surface area contributed by atoms with Gasteiger partial charge in [-0.1, -0.05) is 19.0 Å². The van der Waals surface area contributed by atoms with Crippen molar-refractivity contribution in [3.8, 4) is 0 Å². The second kappa shape index (κ2) is 6.02. The number of rotatable bonds is 5. The van der Waals surface area contributed by atoms with Crippen LogP contribution in [0.3, 0.4) is 0 Å². The molecule has 2 rings (SSSR count). The maximum absolute atomic E-state index is 12.2. The van der Waals surface area contributed by atoms with Crippen LogP contribution >= 0.6 is 11.3 Å². The van der Waals surface area contributed by atoms with Crippen LogP contribution in [0.4, 0.5) is 0 Å². The highest BCUT2D eigenvalue weighted by Crippen LogP contribution is 2.21. The van der Waals surface area contributed by atoms with E-state index in [0.717, 1.165) is 6.42 Å². The highest BCUT2D eigenvalue weighted by molar-refractivity contribution is 7.07. The van der Waals surface area contributed by atoms with Gasteiger partial charge in [-0.15, -0.1) is 0 Å². The van der Waals surface area contributed by atoms with E-state index in [0.29, 0.717) is 23.6 Å². The molecule has 19 heavy (non-hydrogen) atoms. The summed E-state index contributed by atoms with van der Waals surface area (Å²) < 4.78 is 5.22. The van der Waals surface area contributed by atoms with E-state index < -0.39 is 0 Å². The Balaban J connectivity index is 1.98. The summed E-state index contributed by atoms with van der Waals surface area (Å²) in [5.74, 6) is 0.710. The second-order valence-corrected chi connectivity index (χ2v) is 5.58. The molecule has 0 saturated carbocycles. The molecular formula is C14H18N2O2S. The molecule has 0 aliphatic carbocycles. The van der Waals surface area contributed by atoms with Crippen LogP contribution in [0.1, 0.15) is 47.1 Å². The van der Waals surface area contributed by atoms with E-state index in [1.807, 2.05) is 19.2 Å². The molecule has 0 radical (unpaired) electrons. The Hall–Kier alpha value is -1.62. The van der Waals surface area contributed by atoms with E-state index in [-0.39, 0.29) is 11.8 Å². The third-order valence-electron chi connectivity index (χ3n) is 2.92. The van der Waals surface area contributed by atoms with Gasteiger partial charge in [-0.3, -0.25) is 4.79 Å². The molecule has 0 aliphatic rings. The maximum Gasteiger partial charge on any atom is 0.256 e. The first-order chi connectivity index (χ1) is 9.09. The number of hydrogen-bond donors (Lipinski definition) is 1. The van der Waals surface area contributed by atoms with E-state index in [2.05, 4.69) is 21.9 Å². The van der Waals surface area contributed by atoms with E-state index in [1.54, 1.807) is 18.3 Å². The lowest BCUT2D eigenvalue weighted by Crippen LogP contribution is -2.26. The Morgan fingerprint density at radius 3 is 2.95 bits per heavy atom. The Labute approximate surface area is 116 Å². The molecule has 2 heterocycles. The molecule has 0 spiro atoms. The fraction of sp³-hybridized carbons (Fsp3) is 0.429. The van der Waals surface area contributed by atoms with Crippen molar-refractivity contribution in [2.75, 3.05) is 6.54 Å². The lowest BCUT2D eigenvalue weighted by molar-refractivity contribution is 0.0951. The van der Waals surface area contributed by atoms with Crippen LogP contribution in [0.15, 0.2) is 21.3 Å². The number of nitrogens with one attached hydrogen (secondary N) is 1. The summed E-state index contributed by atoms with van der Waals surface area (Å²) in [6.07, 6.45) is 0.844. The van der Waals surface area contributed by atoms with Crippen LogP contribution in [0, 0.1) is 6.92 Å². The fourth-order valence-corrected chi connectivity index (χ4v) is 2.60. The molecular weight excluding hydrogens is 260 g/mol. The minimum atomic E-state index is -0.0994. The van der Waals surface area contributed by atoms with Crippen molar-refractivity contribution >= 4 is 17.2 Å². The van der Waals surface area contributed by atoms with Crippen molar-refractivity contribution in [3.63, 3.8) is 0 Å². The van der Waals surface area contributed by atoms with Gasteiger partial charge in [-0.25, -0.2) is 0 Å². The second-order valence-electron chi connectivity index (χ2n) is 4.80. The van der Waals surface area contributed by atoms with Crippen molar-refractivity contribution in [1.82, 2.24) is 10.5 Å². The fourth-order valence-electron chi connectivity index (χ4n) is 1.90. The number of carbonyl (C=O) groups is 1. The van der Waals surface area contributed by atoms with Gasteiger partial charge in [0.05, 0.1) is 5.69 Å². The molecule has 4 nitrogen and oxygen atoms in total. The van der Waals surface area contributed by atoms with Gasteiger partial charge in [0.25, 0.3) is 5.91 Å². The van der Waals surface area contributed by atoms with Crippen LogP contribution in [-0.4, -0.2) is 17.6 Å². The minimum Gasteiger partial charge on any atom is -0.360 e. The molecule has 0 atom stereocenters. The summed E-state index contributed by atoms with van der Waals surface area (Å²) in [4.78, 5) is 12.2. The molecule has 0 aromatic carbocycles. The van der Waals surface area contributed by atoms with Gasteiger partial charge in [-0.2, -0.15) is 11.3 Å². The number of nitrogens with zero attached hydrogens (tertiary/aromatic N) is 1. The van der Waals surface area contributed by atoms with Crippen molar-refractivity contribution in [2.45, 2.75) is 33.1 Å². The highest BCUT2D eigenvalue weighted by atomic mass is 32.1. The normalized spacial score (nSPS) is 10.9. The third-order valence-corrected chi connectivity index (χ3v) is 3.65. The Kier molecular flexibility index (Phi) is 4.37. The van der Waals surface area contributed by atoms with Gasteiger partial charge < -0.3 is 9.84 Å². The highest BCUT2D eigenvalue weighted by Gasteiger charge is 2.21. The first kappa shape index (κ1) is 13.8. The molecule has 0 saturated heterocycles. The van der Waals surface area contributed by atoms with E-state index >= 15 is 0 Å². The molecule has 1 N–H and O–H groups in total. The van der Waals surface area contributed by atoms with E-state index in [1.165, 1.54) is 5.56 Å². The van der Waals surface area contributed by atoms with Gasteiger partial charge in [0.1, 0.15) is 5.56 Å². The van der Waals surface area contributed by atoms with Gasteiger partial charge in [0.2, 0.25) is 0 Å². The molecule has 0 bridgehead atoms. The zero-order valence-electron chi connectivity index (χ0n) is 11.4. The van der Waals surface area contributed by atoms with Gasteiger partial charge in [0.15, 0.2) is 5.76 Å². The Morgan fingerprint density at radius 2 is 2.32 bits per heavy atom. The number of aryl methyl sites for hydroxylation is 1. The lowest BCUT2D eigenvalue weighted by atomic mass is 10.0. The SMILES string of the molecule is Cc1noc(C(C)C)c1C(=O)NCCc1ccsc1. The predicted molar refractivity (Wildman–Crippen MR) is 75.7 cm³/mol. The first-order valence-corrected chi connectivity index (χ1v) is 7.29. The summed E-state index contributed by atoms with van der Waals surface area (Å²) in [7, 11) is 0. The summed E-state index contributed by atoms with van der Waals surface area (Å²) in [6.45, 7) is 6.39. The van der Waals surface area contributed by atoms with Crippen molar-refractivity contribution < 1.29 is 9.32 Å².